The number of fused-ring (bicyclic) bond motifs is 1. The van der Waals surface area contributed by atoms with E-state index < -0.39 is 23.9 Å². The number of hydrogen-bond acceptors (Lipinski definition) is 8. The highest BCUT2D eigenvalue weighted by molar-refractivity contribution is 7.16. The maximum Gasteiger partial charge on any atom is 0.280 e. The number of carbonyl (C=O) groups excluding carboxylic acids is 2. The number of nitrogens with one attached hydrogen (secondary N) is 1. The van der Waals surface area contributed by atoms with Crippen molar-refractivity contribution in [1.82, 2.24) is 19.9 Å². The zero-order valence-corrected chi connectivity index (χ0v) is 21.6. The summed E-state index contributed by atoms with van der Waals surface area (Å²) in [6.45, 7) is 2.18. The van der Waals surface area contributed by atoms with E-state index >= 15 is 0 Å². The largest absolute Gasteiger partial charge is 0.496 e. The zero-order chi connectivity index (χ0) is 27.7. The van der Waals surface area contributed by atoms with E-state index in [-0.39, 0.29) is 24.3 Å². The average Bonchev–Trinajstić information content (AvgIpc) is 3.51. The van der Waals surface area contributed by atoms with Gasteiger partial charge in [-0.1, -0.05) is 17.4 Å². The van der Waals surface area contributed by atoms with Gasteiger partial charge in [-0.05, 0) is 43.3 Å². The van der Waals surface area contributed by atoms with Crippen molar-refractivity contribution >= 4 is 28.3 Å². The number of halogens is 2. The molecule has 39 heavy (non-hydrogen) atoms. The standard InChI is InChI=1S/C27H20F2N6O3S/c1-14-8-16(17-9-15(10-30)6-7-22(17)38-2)18(11-31-14)25(36)34-27-33-21-12-35(13-23(21)39-27)26(37)20-5-3-4-19(32-20)24(28)29/h3-9,11,24H,12-13H2,1-2H3,(H,33,34,36). The molecule has 196 valence electrons. The van der Waals surface area contributed by atoms with Crippen LogP contribution in [0, 0.1) is 18.3 Å². The summed E-state index contributed by atoms with van der Waals surface area (Å²) < 4.78 is 31.4. The molecule has 2 amide bonds. The van der Waals surface area contributed by atoms with Crippen LogP contribution < -0.4 is 10.1 Å². The fourth-order valence-corrected chi connectivity index (χ4v) is 5.19. The average molecular weight is 547 g/mol. The zero-order valence-electron chi connectivity index (χ0n) is 20.7. The van der Waals surface area contributed by atoms with E-state index in [4.69, 9.17) is 4.74 Å². The van der Waals surface area contributed by atoms with Gasteiger partial charge in [0.25, 0.3) is 18.2 Å². The van der Waals surface area contributed by atoms with Crippen molar-refractivity contribution in [1.29, 1.82) is 5.26 Å². The molecular formula is C27H20F2N6O3S. The molecule has 0 saturated carbocycles. The second-order valence-electron chi connectivity index (χ2n) is 8.65. The highest BCUT2D eigenvalue weighted by Gasteiger charge is 2.30. The van der Waals surface area contributed by atoms with Crippen LogP contribution in [-0.2, 0) is 13.1 Å². The van der Waals surface area contributed by atoms with Crippen LogP contribution in [0.2, 0.25) is 0 Å². The number of ether oxygens (including phenoxy) is 1. The summed E-state index contributed by atoms with van der Waals surface area (Å²) in [5, 5.41) is 12.5. The van der Waals surface area contributed by atoms with E-state index in [0.717, 1.165) is 4.88 Å². The van der Waals surface area contributed by atoms with Gasteiger partial charge in [-0.3, -0.25) is 19.9 Å². The van der Waals surface area contributed by atoms with Gasteiger partial charge in [-0.15, -0.1) is 0 Å². The van der Waals surface area contributed by atoms with Crippen molar-refractivity contribution in [3.8, 4) is 22.9 Å². The van der Waals surface area contributed by atoms with Crippen molar-refractivity contribution in [3.63, 3.8) is 0 Å². The minimum atomic E-state index is -2.77. The third kappa shape index (κ3) is 5.17. The number of nitriles is 1. The summed E-state index contributed by atoms with van der Waals surface area (Å²) in [4.78, 5) is 40.9. The number of nitrogens with zero attached hydrogens (tertiary/aromatic N) is 5. The molecule has 4 heterocycles. The summed E-state index contributed by atoms with van der Waals surface area (Å²) in [6.07, 6.45) is -1.31. The number of alkyl halides is 2. The highest BCUT2D eigenvalue weighted by atomic mass is 32.1. The third-order valence-electron chi connectivity index (χ3n) is 6.08. The first-order valence-corrected chi connectivity index (χ1v) is 12.5. The van der Waals surface area contributed by atoms with Gasteiger partial charge in [0.1, 0.15) is 17.1 Å². The molecule has 3 aromatic heterocycles. The Labute approximate surface area is 225 Å². The molecule has 12 heteroatoms. The quantitative estimate of drug-likeness (QED) is 0.356. The fraction of sp³-hybridized carbons (Fsp3) is 0.185. The Morgan fingerprint density at radius 3 is 2.69 bits per heavy atom. The van der Waals surface area contributed by atoms with Crippen molar-refractivity contribution in [2.24, 2.45) is 0 Å². The molecule has 0 aliphatic carbocycles. The normalized spacial score (nSPS) is 12.3. The molecule has 5 rings (SSSR count). The van der Waals surface area contributed by atoms with Gasteiger partial charge in [0.05, 0.1) is 48.0 Å². The number of carbonyl (C=O) groups is 2. The lowest BCUT2D eigenvalue weighted by molar-refractivity contribution is 0.0743. The molecule has 4 aromatic rings. The SMILES string of the molecule is COc1ccc(C#N)cc1-c1cc(C)ncc1C(=O)Nc1nc2c(s1)CN(C(=O)c1cccc(C(F)F)n1)C2. The summed E-state index contributed by atoms with van der Waals surface area (Å²) in [5.41, 5.74) is 2.58. The number of benzene rings is 1. The van der Waals surface area contributed by atoms with Crippen LogP contribution in [0.15, 0.2) is 48.7 Å². The van der Waals surface area contributed by atoms with Crippen LogP contribution in [0.5, 0.6) is 5.75 Å². The number of thiazole rings is 1. The Morgan fingerprint density at radius 1 is 1.15 bits per heavy atom. The van der Waals surface area contributed by atoms with Crippen molar-refractivity contribution in [2.75, 3.05) is 12.4 Å². The molecule has 1 N–H and O–H groups in total. The summed E-state index contributed by atoms with van der Waals surface area (Å²) in [6, 6.07) is 12.7. The molecule has 1 aliphatic rings. The molecule has 0 spiro atoms. The van der Waals surface area contributed by atoms with Crippen LogP contribution in [0.1, 0.15) is 54.8 Å². The lowest BCUT2D eigenvalue weighted by Crippen LogP contribution is -2.26. The van der Waals surface area contributed by atoms with Crippen molar-refractivity contribution in [2.45, 2.75) is 26.4 Å². The number of pyridine rings is 2. The predicted molar refractivity (Wildman–Crippen MR) is 139 cm³/mol. The summed E-state index contributed by atoms with van der Waals surface area (Å²) >= 11 is 1.22. The Balaban J connectivity index is 1.35. The van der Waals surface area contributed by atoms with Gasteiger partial charge in [-0.25, -0.2) is 18.7 Å². The summed E-state index contributed by atoms with van der Waals surface area (Å²) in [5.74, 6) is -0.423. The fourth-order valence-electron chi connectivity index (χ4n) is 4.21. The molecule has 1 aliphatic heterocycles. The van der Waals surface area contributed by atoms with Crippen LogP contribution >= 0.6 is 11.3 Å². The topological polar surface area (TPSA) is 121 Å². The first kappa shape index (κ1) is 25.9. The number of aromatic nitrogens is 3. The van der Waals surface area contributed by atoms with Gasteiger partial charge in [-0.2, -0.15) is 5.26 Å². The molecule has 0 bridgehead atoms. The lowest BCUT2D eigenvalue weighted by atomic mass is 9.97. The van der Waals surface area contributed by atoms with Gasteiger partial charge in [0, 0.05) is 23.0 Å². The first-order chi connectivity index (χ1) is 18.8. The van der Waals surface area contributed by atoms with Gasteiger partial charge < -0.3 is 9.64 Å². The van der Waals surface area contributed by atoms with E-state index in [0.29, 0.717) is 39.0 Å². The van der Waals surface area contributed by atoms with E-state index in [1.807, 2.05) is 0 Å². The minimum Gasteiger partial charge on any atom is -0.496 e. The number of methoxy groups -OCH3 is 1. The molecule has 0 radical (unpaired) electrons. The Bertz CT molecular complexity index is 1630. The van der Waals surface area contributed by atoms with E-state index in [9.17, 15) is 23.6 Å². The molecule has 9 nitrogen and oxygen atoms in total. The maximum absolute atomic E-state index is 13.3. The number of aryl methyl sites for hydroxylation is 1. The van der Waals surface area contributed by atoms with E-state index in [1.165, 1.54) is 47.7 Å². The minimum absolute atomic E-state index is 0.0632. The van der Waals surface area contributed by atoms with Crippen molar-refractivity contribution < 1.29 is 23.1 Å². The van der Waals surface area contributed by atoms with Gasteiger partial charge in [0.15, 0.2) is 5.13 Å². The number of anilines is 1. The molecule has 0 fully saturated rings. The smallest absolute Gasteiger partial charge is 0.280 e. The Morgan fingerprint density at radius 2 is 1.97 bits per heavy atom. The van der Waals surface area contributed by atoms with Crippen LogP contribution in [0.4, 0.5) is 13.9 Å². The van der Waals surface area contributed by atoms with E-state index in [1.54, 1.807) is 31.2 Å². The van der Waals surface area contributed by atoms with Gasteiger partial charge in [0.2, 0.25) is 0 Å². The molecule has 0 atom stereocenters. The van der Waals surface area contributed by atoms with Gasteiger partial charge >= 0.3 is 0 Å². The Hall–Kier alpha value is -4.76. The molecule has 0 saturated heterocycles. The van der Waals surface area contributed by atoms with Crippen molar-refractivity contribution in [3.05, 3.63) is 87.4 Å². The monoisotopic (exact) mass is 546 g/mol. The first-order valence-electron chi connectivity index (χ1n) is 11.7. The predicted octanol–water partition coefficient (Wildman–Crippen LogP) is 5.13. The third-order valence-corrected chi connectivity index (χ3v) is 7.08. The molecule has 1 aromatic carbocycles. The van der Waals surface area contributed by atoms with E-state index in [2.05, 4.69) is 26.3 Å². The maximum atomic E-state index is 13.3. The number of rotatable bonds is 6. The summed E-state index contributed by atoms with van der Waals surface area (Å²) in [7, 11) is 1.51. The van der Waals surface area contributed by atoms with Crippen LogP contribution in [0.3, 0.4) is 0 Å². The van der Waals surface area contributed by atoms with Crippen LogP contribution in [-0.4, -0.2) is 38.8 Å². The molecular weight excluding hydrogens is 526 g/mol. The number of amides is 2. The Kier molecular flexibility index (Phi) is 7.00. The number of hydrogen-bond donors (Lipinski definition) is 1. The lowest BCUT2D eigenvalue weighted by Gasteiger charge is -2.15. The second kappa shape index (κ2) is 10.5. The van der Waals surface area contributed by atoms with Crippen LogP contribution in [0.25, 0.3) is 11.1 Å². The molecule has 0 unspecified atom stereocenters. The second-order valence-corrected chi connectivity index (χ2v) is 9.73. The highest BCUT2D eigenvalue weighted by Crippen LogP contribution is 2.35.